The second-order valence-corrected chi connectivity index (χ2v) is 6.47. The Morgan fingerprint density at radius 1 is 1.13 bits per heavy atom. The number of aliphatic hydroxyl groups excluding tert-OH is 1. The van der Waals surface area contributed by atoms with Crippen molar-refractivity contribution in [3.05, 3.63) is 23.0 Å². The molecule has 0 amide bonds. The Hall–Kier alpha value is -1.92. The molecule has 6 heteroatoms. The second-order valence-electron chi connectivity index (χ2n) is 6.47. The number of hydrogen-bond donors (Lipinski definition) is 2. The average molecular weight is 314 g/mol. The molecule has 0 spiro atoms. The van der Waals surface area contributed by atoms with Gasteiger partial charge in [-0.2, -0.15) is 4.98 Å². The normalized spacial score (nSPS) is 18.8. The van der Waals surface area contributed by atoms with Gasteiger partial charge in [0.15, 0.2) is 6.29 Å². The minimum atomic E-state index is -1.19. The summed E-state index contributed by atoms with van der Waals surface area (Å²) in [6, 6.07) is 2.05. The highest BCUT2D eigenvalue weighted by Crippen LogP contribution is 2.24. The van der Waals surface area contributed by atoms with Gasteiger partial charge in [0.25, 0.3) is 0 Å². The smallest absolute Gasteiger partial charge is 0.236 e. The van der Waals surface area contributed by atoms with E-state index in [4.69, 9.17) is 15.2 Å². The number of aromatic nitrogens is 3. The molecule has 1 fully saturated rings. The Kier molecular flexibility index (Phi) is 3.79. The largest absolute Gasteiger partial charge is 0.368 e. The number of anilines is 1. The molecule has 2 aromatic rings. The lowest BCUT2D eigenvalue weighted by Crippen LogP contribution is -2.35. The Balaban J connectivity index is 1.57. The van der Waals surface area contributed by atoms with Gasteiger partial charge in [0.2, 0.25) is 5.78 Å². The summed E-state index contributed by atoms with van der Waals surface area (Å²) in [6.07, 6.45) is 9.79. The molecule has 0 atom stereocenters. The molecule has 1 aliphatic carbocycles. The van der Waals surface area contributed by atoms with Gasteiger partial charge in [-0.15, -0.1) is 0 Å². The Morgan fingerprint density at radius 2 is 1.91 bits per heavy atom. The number of aliphatic hydroxyl groups is 2. The van der Waals surface area contributed by atoms with Crippen molar-refractivity contribution in [1.82, 2.24) is 14.4 Å². The van der Waals surface area contributed by atoms with Crippen molar-refractivity contribution in [2.45, 2.75) is 38.4 Å². The van der Waals surface area contributed by atoms with Crippen molar-refractivity contribution in [3.8, 4) is 0 Å². The summed E-state index contributed by atoms with van der Waals surface area (Å²) in [5.41, 5.74) is 0. The topological polar surface area (TPSA) is 73.9 Å². The Bertz CT molecular complexity index is 819. The van der Waals surface area contributed by atoms with Gasteiger partial charge in [-0.3, -0.25) is 4.40 Å². The maximum atomic E-state index is 9.10. The predicted molar refractivity (Wildman–Crippen MR) is 88.2 cm³/mol. The fourth-order valence-corrected chi connectivity index (χ4v) is 3.62. The van der Waals surface area contributed by atoms with Crippen molar-refractivity contribution in [1.29, 1.82) is 0 Å². The van der Waals surface area contributed by atoms with E-state index < -0.39 is 6.29 Å². The number of imidazole rings is 1. The van der Waals surface area contributed by atoms with Crippen LogP contribution in [-0.2, 0) is 0 Å². The van der Waals surface area contributed by atoms with Crippen LogP contribution in [0.2, 0.25) is 0 Å². The molecule has 23 heavy (non-hydrogen) atoms. The van der Waals surface area contributed by atoms with E-state index in [1.54, 1.807) is 0 Å². The molecule has 0 bridgehead atoms. The zero-order valence-electron chi connectivity index (χ0n) is 13.1. The summed E-state index contributed by atoms with van der Waals surface area (Å²) in [7, 11) is 0. The Morgan fingerprint density at radius 3 is 2.70 bits per heavy atom. The molecule has 3 heterocycles. The lowest BCUT2D eigenvalue weighted by molar-refractivity contribution is -0.0577. The van der Waals surface area contributed by atoms with Gasteiger partial charge < -0.3 is 15.1 Å². The predicted octanol–water partition coefficient (Wildman–Crippen LogP) is 0.00130. The van der Waals surface area contributed by atoms with Gasteiger partial charge in [-0.1, -0.05) is 12.2 Å². The van der Waals surface area contributed by atoms with Crippen molar-refractivity contribution in [2.75, 3.05) is 18.0 Å². The van der Waals surface area contributed by atoms with Crippen LogP contribution < -0.4 is 15.6 Å². The zero-order valence-corrected chi connectivity index (χ0v) is 13.1. The first-order valence-electron chi connectivity index (χ1n) is 8.37. The highest BCUT2D eigenvalue weighted by molar-refractivity contribution is 5.47. The van der Waals surface area contributed by atoms with Crippen molar-refractivity contribution >= 4 is 23.7 Å². The van der Waals surface area contributed by atoms with Crippen LogP contribution in [0.25, 0.3) is 17.9 Å². The molecule has 0 radical (unpaired) electrons. The second kappa shape index (κ2) is 5.94. The SMILES string of the molecule is OC(O)CC1CCN(c2ccn3c4c(nc3n2)=CCCC=4)CC1. The van der Waals surface area contributed by atoms with Gasteiger partial charge in [-0.05, 0) is 37.7 Å². The summed E-state index contributed by atoms with van der Waals surface area (Å²) >= 11 is 0. The van der Waals surface area contributed by atoms with E-state index in [1.165, 1.54) is 0 Å². The Labute approximate surface area is 134 Å². The van der Waals surface area contributed by atoms with Gasteiger partial charge in [0, 0.05) is 25.7 Å². The highest BCUT2D eigenvalue weighted by atomic mass is 16.5. The van der Waals surface area contributed by atoms with Crippen molar-refractivity contribution in [2.24, 2.45) is 5.92 Å². The number of piperidine rings is 1. The third-order valence-electron chi connectivity index (χ3n) is 4.87. The molecule has 1 aliphatic heterocycles. The quantitative estimate of drug-likeness (QED) is 0.780. The first kappa shape index (κ1) is 14.7. The molecule has 0 aromatic carbocycles. The molecule has 2 N–H and O–H groups in total. The van der Waals surface area contributed by atoms with Gasteiger partial charge >= 0.3 is 0 Å². The fourth-order valence-electron chi connectivity index (χ4n) is 3.62. The molecule has 2 aromatic heterocycles. The minimum absolute atomic E-state index is 0.387. The van der Waals surface area contributed by atoms with E-state index >= 15 is 0 Å². The van der Waals surface area contributed by atoms with Crippen LogP contribution in [0.3, 0.4) is 0 Å². The molecule has 2 aliphatic rings. The number of fused-ring (bicyclic) bond motifs is 3. The molecule has 6 nitrogen and oxygen atoms in total. The van der Waals surface area contributed by atoms with Crippen LogP contribution in [0.15, 0.2) is 12.3 Å². The van der Waals surface area contributed by atoms with Crippen LogP contribution in [-0.4, -0.2) is 44.0 Å². The minimum Gasteiger partial charge on any atom is -0.368 e. The molecule has 0 unspecified atom stereocenters. The van der Waals surface area contributed by atoms with Crippen LogP contribution in [0.5, 0.6) is 0 Å². The van der Waals surface area contributed by atoms with E-state index in [1.807, 2.05) is 0 Å². The zero-order chi connectivity index (χ0) is 15.8. The van der Waals surface area contributed by atoms with Gasteiger partial charge in [0.1, 0.15) is 5.82 Å². The van der Waals surface area contributed by atoms with Crippen LogP contribution in [0.1, 0.15) is 32.1 Å². The van der Waals surface area contributed by atoms with Gasteiger partial charge in [0.05, 0.1) is 10.7 Å². The third-order valence-corrected chi connectivity index (χ3v) is 4.87. The summed E-state index contributed by atoms with van der Waals surface area (Å²) in [6.45, 7) is 1.80. The number of hydrogen-bond acceptors (Lipinski definition) is 5. The van der Waals surface area contributed by atoms with Crippen LogP contribution in [0, 0.1) is 5.92 Å². The van der Waals surface area contributed by atoms with Crippen LogP contribution >= 0.6 is 0 Å². The highest BCUT2D eigenvalue weighted by Gasteiger charge is 2.22. The van der Waals surface area contributed by atoms with E-state index in [-0.39, 0.29) is 0 Å². The van der Waals surface area contributed by atoms with E-state index in [2.05, 4.69) is 38.7 Å². The standard InChI is InChI=1S/C17H22N4O2/c22-16(23)11-12-5-8-20(9-6-12)15-7-10-21-14-4-2-1-3-13(14)18-17(21)19-15/h3-4,7,10,12,16,22-23H,1-2,5-6,8-9,11H2. The van der Waals surface area contributed by atoms with E-state index in [0.29, 0.717) is 12.3 Å². The lowest BCUT2D eigenvalue weighted by Gasteiger charge is -2.33. The fraction of sp³-hybridized carbons (Fsp3) is 0.529. The average Bonchev–Trinajstić information content (AvgIpc) is 2.92. The lowest BCUT2D eigenvalue weighted by atomic mass is 9.93. The summed E-state index contributed by atoms with van der Waals surface area (Å²) < 4.78 is 2.06. The van der Waals surface area contributed by atoms with Gasteiger partial charge in [-0.25, -0.2) is 4.98 Å². The van der Waals surface area contributed by atoms with Crippen molar-refractivity contribution in [3.63, 3.8) is 0 Å². The monoisotopic (exact) mass is 314 g/mol. The first-order chi connectivity index (χ1) is 11.2. The maximum absolute atomic E-state index is 9.10. The maximum Gasteiger partial charge on any atom is 0.236 e. The van der Waals surface area contributed by atoms with E-state index in [9.17, 15) is 0 Å². The molecular weight excluding hydrogens is 292 g/mol. The summed E-state index contributed by atoms with van der Waals surface area (Å²) in [4.78, 5) is 11.6. The number of nitrogens with zero attached hydrogens (tertiary/aromatic N) is 4. The molecule has 1 saturated heterocycles. The third kappa shape index (κ3) is 2.84. The first-order valence-corrected chi connectivity index (χ1v) is 8.37. The van der Waals surface area contributed by atoms with Crippen LogP contribution in [0.4, 0.5) is 5.82 Å². The molecule has 0 saturated carbocycles. The number of rotatable bonds is 3. The summed E-state index contributed by atoms with van der Waals surface area (Å²) in [5.74, 6) is 2.11. The molecular formula is C17H22N4O2. The van der Waals surface area contributed by atoms with E-state index in [0.717, 1.165) is 61.1 Å². The summed E-state index contributed by atoms with van der Waals surface area (Å²) in [5, 5.41) is 20.4. The van der Waals surface area contributed by atoms with Crippen molar-refractivity contribution < 1.29 is 10.2 Å². The molecule has 122 valence electrons. The molecule has 4 rings (SSSR count).